The molecule has 1 atom stereocenters. The smallest absolute Gasteiger partial charge is 0.263 e. The number of ether oxygens (including phenoxy) is 1. The molecule has 2 rings (SSSR count). The average molecular weight is 240 g/mol. The monoisotopic (exact) mass is 239 g/mol. The molecule has 3 nitrogen and oxygen atoms in total. The number of halogens is 1. The van der Waals surface area contributed by atoms with E-state index in [1.807, 2.05) is 0 Å². The molecule has 0 N–H and O–H groups in total. The summed E-state index contributed by atoms with van der Waals surface area (Å²) in [4.78, 5) is 13.6. The zero-order chi connectivity index (χ0) is 11.5. The van der Waals surface area contributed by atoms with Crippen molar-refractivity contribution in [3.05, 3.63) is 29.3 Å². The van der Waals surface area contributed by atoms with E-state index in [1.54, 1.807) is 36.1 Å². The van der Waals surface area contributed by atoms with Gasteiger partial charge in [0.25, 0.3) is 5.91 Å². The predicted octanol–water partition coefficient (Wildman–Crippen LogP) is 2.34. The Balaban J connectivity index is 1.95. The second kappa shape index (κ2) is 4.74. The van der Waals surface area contributed by atoms with Crippen LogP contribution >= 0.6 is 11.6 Å². The summed E-state index contributed by atoms with van der Waals surface area (Å²) in [6.07, 6.45) is 0.647. The molecule has 0 saturated carbocycles. The quantitative estimate of drug-likeness (QED) is 0.810. The summed E-state index contributed by atoms with van der Waals surface area (Å²) in [5.74, 6) is 0.681. The molecule has 0 spiro atoms. The first kappa shape index (κ1) is 11.3. The van der Waals surface area contributed by atoms with Crippen LogP contribution in [0.2, 0.25) is 5.02 Å². The van der Waals surface area contributed by atoms with Crippen molar-refractivity contribution in [1.29, 1.82) is 0 Å². The largest absolute Gasteiger partial charge is 0.481 e. The summed E-state index contributed by atoms with van der Waals surface area (Å²) in [5, 5.41) is 0.612. The minimum Gasteiger partial charge on any atom is -0.481 e. The maximum absolute atomic E-state index is 11.8. The molecule has 1 amide bonds. The number of nitrogens with zero attached hydrogens (tertiary/aromatic N) is 1. The lowest BCUT2D eigenvalue weighted by Crippen LogP contribution is -2.47. The standard InChI is InChI=1S/C12H14ClNO2/c1-9(12(15)14-6-3-7-14)16-11-5-2-4-10(13)8-11/h2,4-5,8-9H,3,6-7H2,1H3. The lowest BCUT2D eigenvalue weighted by atomic mass is 10.2. The van der Waals surface area contributed by atoms with E-state index >= 15 is 0 Å². The van der Waals surface area contributed by atoms with Crippen LogP contribution in [0.4, 0.5) is 0 Å². The fourth-order valence-electron chi connectivity index (χ4n) is 1.59. The molecule has 1 fully saturated rings. The summed E-state index contributed by atoms with van der Waals surface area (Å²) in [5.41, 5.74) is 0. The number of hydrogen-bond donors (Lipinski definition) is 0. The third-order valence-electron chi connectivity index (χ3n) is 2.62. The van der Waals surface area contributed by atoms with Crippen LogP contribution in [-0.4, -0.2) is 30.0 Å². The fourth-order valence-corrected chi connectivity index (χ4v) is 1.77. The number of benzene rings is 1. The highest BCUT2D eigenvalue weighted by Crippen LogP contribution is 2.19. The zero-order valence-corrected chi connectivity index (χ0v) is 9.91. The minimum atomic E-state index is -0.446. The van der Waals surface area contributed by atoms with E-state index in [2.05, 4.69) is 0 Å². The van der Waals surface area contributed by atoms with Crippen molar-refractivity contribution in [2.45, 2.75) is 19.4 Å². The molecule has 16 heavy (non-hydrogen) atoms. The van der Waals surface area contributed by atoms with Gasteiger partial charge in [0.2, 0.25) is 0 Å². The van der Waals surface area contributed by atoms with Crippen molar-refractivity contribution in [2.24, 2.45) is 0 Å². The summed E-state index contributed by atoms with van der Waals surface area (Å²) in [6, 6.07) is 7.09. The van der Waals surface area contributed by atoms with Crippen molar-refractivity contribution in [2.75, 3.05) is 13.1 Å². The fraction of sp³-hybridized carbons (Fsp3) is 0.417. The number of carbonyl (C=O) groups is 1. The maximum atomic E-state index is 11.8. The molecule has 0 aromatic heterocycles. The van der Waals surface area contributed by atoms with Crippen molar-refractivity contribution in [3.63, 3.8) is 0 Å². The van der Waals surface area contributed by atoms with Crippen molar-refractivity contribution < 1.29 is 9.53 Å². The molecule has 1 aromatic carbocycles. The summed E-state index contributed by atoms with van der Waals surface area (Å²) < 4.78 is 5.54. The van der Waals surface area contributed by atoms with E-state index < -0.39 is 6.10 Å². The summed E-state index contributed by atoms with van der Waals surface area (Å²) in [6.45, 7) is 3.46. The Hall–Kier alpha value is -1.22. The Morgan fingerprint density at radius 1 is 1.50 bits per heavy atom. The Morgan fingerprint density at radius 3 is 2.81 bits per heavy atom. The van der Waals surface area contributed by atoms with E-state index in [0.29, 0.717) is 10.8 Å². The topological polar surface area (TPSA) is 29.5 Å². The molecule has 0 bridgehead atoms. The van der Waals surface area contributed by atoms with Crippen molar-refractivity contribution in [3.8, 4) is 5.75 Å². The van der Waals surface area contributed by atoms with Gasteiger partial charge in [-0.05, 0) is 31.5 Å². The molecule has 86 valence electrons. The number of likely N-dealkylation sites (tertiary alicyclic amines) is 1. The summed E-state index contributed by atoms with van der Waals surface area (Å²) in [7, 11) is 0. The van der Waals surface area contributed by atoms with Gasteiger partial charge in [-0.25, -0.2) is 0 Å². The SMILES string of the molecule is CC(Oc1cccc(Cl)c1)C(=O)N1CCC1. The van der Waals surface area contributed by atoms with Crippen LogP contribution in [0.1, 0.15) is 13.3 Å². The number of carbonyl (C=O) groups excluding carboxylic acids is 1. The Kier molecular flexibility index (Phi) is 3.34. The van der Waals surface area contributed by atoms with Gasteiger partial charge in [-0.15, -0.1) is 0 Å². The Bertz CT molecular complexity index is 390. The van der Waals surface area contributed by atoms with Gasteiger partial charge in [0.1, 0.15) is 5.75 Å². The van der Waals surface area contributed by atoms with E-state index in [4.69, 9.17) is 16.3 Å². The first-order valence-corrected chi connectivity index (χ1v) is 5.75. The molecule has 1 heterocycles. The molecular weight excluding hydrogens is 226 g/mol. The summed E-state index contributed by atoms with van der Waals surface area (Å²) >= 11 is 5.83. The van der Waals surface area contributed by atoms with Crippen LogP contribution in [0.3, 0.4) is 0 Å². The van der Waals surface area contributed by atoms with Crippen LogP contribution in [0.25, 0.3) is 0 Å². The predicted molar refractivity (Wildman–Crippen MR) is 62.7 cm³/mol. The lowest BCUT2D eigenvalue weighted by Gasteiger charge is -2.33. The molecule has 1 aliphatic heterocycles. The van der Waals surface area contributed by atoms with Crippen LogP contribution in [0.15, 0.2) is 24.3 Å². The average Bonchev–Trinajstić information content (AvgIpc) is 2.14. The highest BCUT2D eigenvalue weighted by Gasteiger charge is 2.26. The number of hydrogen-bond acceptors (Lipinski definition) is 2. The zero-order valence-electron chi connectivity index (χ0n) is 9.15. The Morgan fingerprint density at radius 2 is 2.25 bits per heavy atom. The molecule has 4 heteroatoms. The van der Waals surface area contributed by atoms with Gasteiger partial charge < -0.3 is 9.64 Å². The number of rotatable bonds is 3. The molecule has 1 unspecified atom stereocenters. The van der Waals surface area contributed by atoms with Gasteiger partial charge in [0.15, 0.2) is 6.10 Å². The van der Waals surface area contributed by atoms with Gasteiger partial charge in [-0.1, -0.05) is 17.7 Å². The third kappa shape index (κ3) is 2.47. The lowest BCUT2D eigenvalue weighted by molar-refractivity contribution is -0.141. The third-order valence-corrected chi connectivity index (χ3v) is 2.86. The van der Waals surface area contributed by atoms with Gasteiger partial charge in [0, 0.05) is 18.1 Å². The van der Waals surface area contributed by atoms with Crippen LogP contribution < -0.4 is 4.74 Å². The minimum absolute atomic E-state index is 0.0474. The van der Waals surface area contributed by atoms with Gasteiger partial charge in [-0.2, -0.15) is 0 Å². The molecular formula is C12H14ClNO2. The number of amides is 1. The van der Waals surface area contributed by atoms with Gasteiger partial charge in [-0.3, -0.25) is 4.79 Å². The molecule has 1 aromatic rings. The van der Waals surface area contributed by atoms with Gasteiger partial charge >= 0.3 is 0 Å². The first-order chi connectivity index (χ1) is 7.66. The van der Waals surface area contributed by atoms with E-state index in [-0.39, 0.29) is 5.91 Å². The highest BCUT2D eigenvalue weighted by molar-refractivity contribution is 6.30. The van der Waals surface area contributed by atoms with Crippen molar-refractivity contribution in [1.82, 2.24) is 4.90 Å². The molecule has 1 aliphatic rings. The normalized spacial score (nSPS) is 16.5. The van der Waals surface area contributed by atoms with E-state index in [1.165, 1.54) is 0 Å². The molecule has 0 radical (unpaired) electrons. The molecule has 1 saturated heterocycles. The maximum Gasteiger partial charge on any atom is 0.263 e. The highest BCUT2D eigenvalue weighted by atomic mass is 35.5. The second-order valence-electron chi connectivity index (χ2n) is 3.90. The Labute approximate surface area is 100.0 Å². The molecule has 0 aliphatic carbocycles. The van der Waals surface area contributed by atoms with Crippen LogP contribution in [-0.2, 0) is 4.79 Å². The van der Waals surface area contributed by atoms with E-state index in [9.17, 15) is 4.79 Å². The van der Waals surface area contributed by atoms with E-state index in [0.717, 1.165) is 19.5 Å². The first-order valence-electron chi connectivity index (χ1n) is 5.38. The van der Waals surface area contributed by atoms with Crippen LogP contribution in [0.5, 0.6) is 5.75 Å². The van der Waals surface area contributed by atoms with Crippen LogP contribution in [0, 0.1) is 0 Å². The van der Waals surface area contributed by atoms with Crippen molar-refractivity contribution >= 4 is 17.5 Å². The van der Waals surface area contributed by atoms with Gasteiger partial charge in [0.05, 0.1) is 0 Å². The second-order valence-corrected chi connectivity index (χ2v) is 4.33.